The van der Waals surface area contributed by atoms with Crippen molar-refractivity contribution in [2.24, 2.45) is 5.73 Å². The Morgan fingerprint density at radius 1 is 1.47 bits per heavy atom. The van der Waals surface area contributed by atoms with Gasteiger partial charge in [-0.3, -0.25) is 4.79 Å². The molecule has 1 heterocycles. The molecule has 1 aromatic rings. The molecule has 0 spiro atoms. The van der Waals surface area contributed by atoms with Crippen molar-refractivity contribution in [3.63, 3.8) is 0 Å². The summed E-state index contributed by atoms with van der Waals surface area (Å²) in [5.74, 6) is 0.761. The molecule has 0 radical (unpaired) electrons. The lowest BCUT2D eigenvalue weighted by molar-refractivity contribution is -0.121. The Hall–Kier alpha value is -1.36. The summed E-state index contributed by atoms with van der Waals surface area (Å²) in [5.41, 5.74) is 7.39. The van der Waals surface area contributed by atoms with Gasteiger partial charge in [-0.2, -0.15) is 0 Å². The Labute approximate surface area is 102 Å². The molecule has 1 rings (SSSR count). The van der Waals surface area contributed by atoms with Crippen molar-refractivity contribution in [3.05, 3.63) is 17.0 Å². The SMILES string of the molecule is Cc1noc(C)c1C(C)NC(=O)CCC(C)N. The van der Waals surface area contributed by atoms with Crippen LogP contribution in [-0.4, -0.2) is 17.1 Å². The van der Waals surface area contributed by atoms with Crippen LogP contribution in [0.5, 0.6) is 0 Å². The van der Waals surface area contributed by atoms with Gasteiger partial charge in [-0.1, -0.05) is 5.16 Å². The predicted octanol–water partition coefficient (Wildman–Crippen LogP) is 1.60. The van der Waals surface area contributed by atoms with Crippen LogP contribution in [0, 0.1) is 13.8 Å². The average Bonchev–Trinajstić information content (AvgIpc) is 2.55. The van der Waals surface area contributed by atoms with Crippen LogP contribution in [-0.2, 0) is 4.79 Å². The molecule has 0 bridgehead atoms. The van der Waals surface area contributed by atoms with Crippen LogP contribution < -0.4 is 11.1 Å². The molecule has 2 atom stereocenters. The fourth-order valence-corrected chi connectivity index (χ4v) is 1.85. The summed E-state index contributed by atoms with van der Waals surface area (Å²) in [7, 11) is 0. The molecule has 2 unspecified atom stereocenters. The molecule has 0 saturated carbocycles. The Kier molecular flexibility index (Phi) is 4.69. The first-order chi connectivity index (χ1) is 7.91. The van der Waals surface area contributed by atoms with Crippen LogP contribution in [0.3, 0.4) is 0 Å². The topological polar surface area (TPSA) is 81.2 Å². The van der Waals surface area contributed by atoms with Gasteiger partial charge in [0.15, 0.2) is 0 Å². The smallest absolute Gasteiger partial charge is 0.220 e. The van der Waals surface area contributed by atoms with Crippen molar-refractivity contribution in [1.82, 2.24) is 10.5 Å². The zero-order valence-corrected chi connectivity index (χ0v) is 10.9. The van der Waals surface area contributed by atoms with E-state index in [-0.39, 0.29) is 18.0 Å². The van der Waals surface area contributed by atoms with Crippen LogP contribution in [0.4, 0.5) is 0 Å². The van der Waals surface area contributed by atoms with Gasteiger partial charge in [-0.05, 0) is 34.1 Å². The van der Waals surface area contributed by atoms with Crippen LogP contribution in [0.1, 0.15) is 49.7 Å². The molecule has 5 nitrogen and oxygen atoms in total. The van der Waals surface area contributed by atoms with E-state index in [1.54, 1.807) is 0 Å². The number of amides is 1. The van der Waals surface area contributed by atoms with Gasteiger partial charge in [0.2, 0.25) is 5.91 Å². The first-order valence-corrected chi connectivity index (χ1v) is 5.89. The highest BCUT2D eigenvalue weighted by atomic mass is 16.5. The number of hydrogen-bond donors (Lipinski definition) is 2. The highest BCUT2D eigenvalue weighted by molar-refractivity contribution is 5.76. The van der Waals surface area contributed by atoms with E-state index in [0.717, 1.165) is 17.0 Å². The molecule has 0 fully saturated rings. The molecule has 1 amide bonds. The van der Waals surface area contributed by atoms with Crippen LogP contribution >= 0.6 is 0 Å². The van der Waals surface area contributed by atoms with E-state index in [4.69, 9.17) is 10.3 Å². The minimum absolute atomic E-state index is 0.00907. The molecule has 0 aliphatic rings. The number of nitrogens with one attached hydrogen (secondary N) is 1. The van der Waals surface area contributed by atoms with Gasteiger partial charge in [0, 0.05) is 18.0 Å². The number of carbonyl (C=O) groups is 1. The zero-order valence-electron chi connectivity index (χ0n) is 10.9. The third-order valence-corrected chi connectivity index (χ3v) is 2.73. The summed E-state index contributed by atoms with van der Waals surface area (Å²) in [5, 5.41) is 6.80. The number of hydrogen-bond acceptors (Lipinski definition) is 4. The van der Waals surface area contributed by atoms with Crippen LogP contribution in [0.25, 0.3) is 0 Å². The molecule has 96 valence electrons. The lowest BCUT2D eigenvalue weighted by Crippen LogP contribution is -2.28. The second-order valence-corrected chi connectivity index (χ2v) is 4.54. The quantitative estimate of drug-likeness (QED) is 0.817. The summed E-state index contributed by atoms with van der Waals surface area (Å²) in [6, 6.07) is -0.0306. The number of aromatic nitrogens is 1. The van der Waals surface area contributed by atoms with Gasteiger partial charge in [-0.25, -0.2) is 0 Å². The summed E-state index contributed by atoms with van der Waals surface area (Å²) in [4.78, 5) is 11.7. The number of rotatable bonds is 5. The number of carbonyl (C=O) groups excluding carboxylic acids is 1. The molecule has 5 heteroatoms. The maximum Gasteiger partial charge on any atom is 0.220 e. The van der Waals surface area contributed by atoms with Crippen LogP contribution in [0.2, 0.25) is 0 Å². The van der Waals surface area contributed by atoms with Crippen molar-refractivity contribution >= 4 is 5.91 Å². The molecule has 1 aromatic heterocycles. The number of nitrogens with two attached hydrogens (primary N) is 1. The minimum Gasteiger partial charge on any atom is -0.361 e. The second-order valence-electron chi connectivity index (χ2n) is 4.54. The molecule has 0 aliphatic heterocycles. The maximum absolute atomic E-state index is 11.7. The van der Waals surface area contributed by atoms with Crippen molar-refractivity contribution in [3.8, 4) is 0 Å². The van der Waals surface area contributed by atoms with Crippen molar-refractivity contribution in [1.29, 1.82) is 0 Å². The predicted molar refractivity (Wildman–Crippen MR) is 65.4 cm³/mol. The normalized spacial score (nSPS) is 14.4. The summed E-state index contributed by atoms with van der Waals surface area (Å²) in [6.07, 6.45) is 1.14. The highest BCUT2D eigenvalue weighted by Gasteiger charge is 2.18. The first-order valence-electron chi connectivity index (χ1n) is 5.89. The largest absolute Gasteiger partial charge is 0.361 e. The standard InChI is InChI=1S/C12H21N3O2/c1-7(13)5-6-11(16)14-8(2)12-9(3)15-17-10(12)4/h7-8H,5-6,13H2,1-4H3,(H,14,16). The highest BCUT2D eigenvalue weighted by Crippen LogP contribution is 2.20. The average molecular weight is 239 g/mol. The lowest BCUT2D eigenvalue weighted by atomic mass is 10.1. The monoisotopic (exact) mass is 239 g/mol. The lowest BCUT2D eigenvalue weighted by Gasteiger charge is -2.14. The fourth-order valence-electron chi connectivity index (χ4n) is 1.85. The van der Waals surface area contributed by atoms with E-state index >= 15 is 0 Å². The van der Waals surface area contributed by atoms with Crippen molar-refractivity contribution in [2.45, 2.75) is 52.6 Å². The Morgan fingerprint density at radius 3 is 2.59 bits per heavy atom. The summed E-state index contributed by atoms with van der Waals surface area (Å²) >= 11 is 0. The molecular formula is C12H21N3O2. The number of nitrogens with zero attached hydrogens (tertiary/aromatic N) is 1. The van der Waals surface area contributed by atoms with Gasteiger partial charge in [0.1, 0.15) is 5.76 Å². The van der Waals surface area contributed by atoms with E-state index in [0.29, 0.717) is 12.8 Å². The molecular weight excluding hydrogens is 218 g/mol. The third kappa shape index (κ3) is 3.85. The Bertz CT molecular complexity index is 366. The van der Waals surface area contributed by atoms with Gasteiger partial charge < -0.3 is 15.6 Å². The maximum atomic E-state index is 11.7. The molecule has 0 aliphatic carbocycles. The van der Waals surface area contributed by atoms with Gasteiger partial charge in [-0.15, -0.1) is 0 Å². The van der Waals surface area contributed by atoms with E-state index < -0.39 is 0 Å². The van der Waals surface area contributed by atoms with Gasteiger partial charge in [0.25, 0.3) is 0 Å². The van der Waals surface area contributed by atoms with Gasteiger partial charge in [0.05, 0.1) is 11.7 Å². The first kappa shape index (κ1) is 13.7. The second kappa shape index (κ2) is 5.82. The summed E-state index contributed by atoms with van der Waals surface area (Å²) < 4.78 is 5.07. The zero-order chi connectivity index (χ0) is 13.0. The van der Waals surface area contributed by atoms with Crippen molar-refractivity contribution in [2.75, 3.05) is 0 Å². The number of aryl methyl sites for hydroxylation is 2. The third-order valence-electron chi connectivity index (χ3n) is 2.73. The van der Waals surface area contributed by atoms with Crippen molar-refractivity contribution < 1.29 is 9.32 Å². The minimum atomic E-state index is -0.0816. The molecule has 0 aromatic carbocycles. The molecule has 0 saturated heterocycles. The van der Waals surface area contributed by atoms with E-state index in [1.807, 2.05) is 27.7 Å². The molecule has 3 N–H and O–H groups in total. The Morgan fingerprint density at radius 2 is 2.12 bits per heavy atom. The van der Waals surface area contributed by atoms with Gasteiger partial charge >= 0.3 is 0 Å². The van der Waals surface area contributed by atoms with E-state index in [9.17, 15) is 4.79 Å². The van der Waals surface area contributed by atoms with E-state index in [2.05, 4.69) is 10.5 Å². The summed E-state index contributed by atoms with van der Waals surface area (Å²) in [6.45, 7) is 7.54. The Balaban J connectivity index is 2.55. The molecule has 17 heavy (non-hydrogen) atoms. The van der Waals surface area contributed by atoms with Crippen LogP contribution in [0.15, 0.2) is 4.52 Å². The van der Waals surface area contributed by atoms with E-state index in [1.165, 1.54) is 0 Å². The fraction of sp³-hybridized carbons (Fsp3) is 0.667.